The maximum Gasteiger partial charge on any atom is 0.245 e. The first-order valence-corrected chi connectivity index (χ1v) is 6.08. The van der Waals surface area contributed by atoms with Crippen molar-refractivity contribution in [1.82, 2.24) is 4.90 Å². The number of hydrogen-bond donors (Lipinski definition) is 0. The normalized spacial score (nSPS) is 16.5. The molecule has 1 fully saturated rings. The highest BCUT2D eigenvalue weighted by Gasteiger charge is 2.31. The van der Waals surface area contributed by atoms with Gasteiger partial charge in [-0.2, -0.15) is 0 Å². The van der Waals surface area contributed by atoms with Gasteiger partial charge in [0.2, 0.25) is 11.8 Å². The van der Waals surface area contributed by atoms with Crippen molar-refractivity contribution in [2.45, 2.75) is 32.6 Å². The molecule has 1 saturated heterocycles. The van der Waals surface area contributed by atoms with E-state index in [2.05, 4.69) is 6.92 Å². The molecule has 2 amide bonds. The fourth-order valence-electron chi connectivity index (χ4n) is 1.23. The first kappa shape index (κ1) is 11.7. The Labute approximate surface area is 93.2 Å². The molecule has 1 heterocycles. The maximum absolute atomic E-state index is 11.5. The smallest absolute Gasteiger partial charge is 0.245 e. The van der Waals surface area contributed by atoms with Crippen molar-refractivity contribution in [1.29, 1.82) is 0 Å². The summed E-state index contributed by atoms with van der Waals surface area (Å²) in [7, 11) is 0. The third kappa shape index (κ3) is 2.78. The van der Waals surface area contributed by atoms with Crippen LogP contribution < -0.4 is 0 Å². The molecule has 1 aliphatic heterocycles. The van der Waals surface area contributed by atoms with Crippen LogP contribution in [0.2, 0.25) is 0 Å². The van der Waals surface area contributed by atoms with Gasteiger partial charge in [0, 0.05) is 6.42 Å². The summed E-state index contributed by atoms with van der Waals surface area (Å²) >= 11 is 6.19. The predicted octanol–water partition coefficient (Wildman–Crippen LogP) is 1.95. The first-order valence-electron chi connectivity index (χ1n) is 4.69. The summed E-state index contributed by atoms with van der Waals surface area (Å²) in [5.74, 6) is 0.0122. The second kappa shape index (κ2) is 5.46. The molecule has 0 aromatic heterocycles. The second-order valence-electron chi connectivity index (χ2n) is 3.13. The molecule has 0 atom stereocenters. The molecule has 0 aromatic rings. The average molecular weight is 231 g/mol. The zero-order chi connectivity index (χ0) is 10.6. The van der Waals surface area contributed by atoms with Crippen LogP contribution in [0.5, 0.6) is 0 Å². The van der Waals surface area contributed by atoms with Crippen LogP contribution in [0.4, 0.5) is 0 Å². The number of imide groups is 1. The van der Waals surface area contributed by atoms with E-state index in [9.17, 15) is 9.59 Å². The van der Waals surface area contributed by atoms with Crippen LogP contribution >= 0.6 is 24.0 Å². The van der Waals surface area contributed by atoms with E-state index in [-0.39, 0.29) is 11.8 Å². The SMILES string of the molecule is CCCCCC(=O)N1C(=O)CSC1=S. The fraction of sp³-hybridized carbons (Fsp3) is 0.667. The second-order valence-corrected chi connectivity index (χ2v) is 4.74. The zero-order valence-electron chi connectivity index (χ0n) is 8.12. The van der Waals surface area contributed by atoms with Gasteiger partial charge in [0.1, 0.15) is 4.32 Å². The van der Waals surface area contributed by atoms with Crippen molar-refractivity contribution >= 4 is 40.1 Å². The van der Waals surface area contributed by atoms with Gasteiger partial charge in [-0.1, -0.05) is 43.7 Å². The minimum atomic E-state index is -0.165. The van der Waals surface area contributed by atoms with E-state index in [1.54, 1.807) is 0 Å². The van der Waals surface area contributed by atoms with Crippen molar-refractivity contribution in [3.8, 4) is 0 Å². The fourth-order valence-corrected chi connectivity index (χ4v) is 2.32. The highest BCUT2D eigenvalue weighted by atomic mass is 32.2. The summed E-state index contributed by atoms with van der Waals surface area (Å²) in [5.41, 5.74) is 0. The largest absolute Gasteiger partial charge is 0.274 e. The van der Waals surface area contributed by atoms with Crippen LogP contribution in [0.3, 0.4) is 0 Å². The minimum absolute atomic E-state index is 0.140. The van der Waals surface area contributed by atoms with Crippen LogP contribution in [-0.4, -0.2) is 26.8 Å². The number of thioether (sulfide) groups is 1. The van der Waals surface area contributed by atoms with Gasteiger partial charge in [-0.25, -0.2) is 4.90 Å². The lowest BCUT2D eigenvalue weighted by atomic mass is 10.2. The van der Waals surface area contributed by atoms with Crippen molar-refractivity contribution in [2.24, 2.45) is 0 Å². The molecule has 0 aromatic carbocycles. The van der Waals surface area contributed by atoms with Gasteiger partial charge in [-0.3, -0.25) is 9.59 Å². The Morgan fingerprint density at radius 3 is 2.79 bits per heavy atom. The number of hydrogen-bond acceptors (Lipinski definition) is 4. The van der Waals surface area contributed by atoms with E-state index in [0.29, 0.717) is 16.5 Å². The van der Waals surface area contributed by atoms with Gasteiger partial charge in [-0.15, -0.1) is 0 Å². The summed E-state index contributed by atoms with van der Waals surface area (Å²) in [6.07, 6.45) is 3.36. The predicted molar refractivity (Wildman–Crippen MR) is 61.1 cm³/mol. The van der Waals surface area contributed by atoms with Crippen molar-refractivity contribution in [3.63, 3.8) is 0 Å². The third-order valence-corrected chi connectivity index (χ3v) is 3.35. The molecule has 5 heteroatoms. The molecule has 0 aliphatic carbocycles. The van der Waals surface area contributed by atoms with E-state index < -0.39 is 0 Å². The van der Waals surface area contributed by atoms with E-state index in [1.165, 1.54) is 11.8 Å². The molecular formula is C9H13NO2S2. The highest BCUT2D eigenvalue weighted by Crippen LogP contribution is 2.20. The molecule has 0 saturated carbocycles. The Morgan fingerprint density at radius 1 is 1.57 bits per heavy atom. The summed E-state index contributed by atoms with van der Waals surface area (Å²) in [5, 5.41) is 0. The van der Waals surface area contributed by atoms with Gasteiger partial charge < -0.3 is 0 Å². The van der Waals surface area contributed by atoms with E-state index >= 15 is 0 Å². The molecule has 0 bridgehead atoms. The monoisotopic (exact) mass is 231 g/mol. The van der Waals surface area contributed by atoms with Crippen molar-refractivity contribution < 1.29 is 9.59 Å². The number of nitrogens with zero attached hydrogens (tertiary/aromatic N) is 1. The number of carbonyl (C=O) groups is 2. The summed E-state index contributed by atoms with van der Waals surface area (Å²) in [4.78, 5) is 23.9. The van der Waals surface area contributed by atoms with Gasteiger partial charge >= 0.3 is 0 Å². The Kier molecular flexibility index (Phi) is 4.54. The zero-order valence-corrected chi connectivity index (χ0v) is 9.75. The van der Waals surface area contributed by atoms with Gasteiger partial charge in [-0.05, 0) is 6.42 Å². The van der Waals surface area contributed by atoms with Crippen LogP contribution in [0.25, 0.3) is 0 Å². The molecule has 3 nitrogen and oxygen atoms in total. The van der Waals surface area contributed by atoms with Crippen molar-refractivity contribution in [2.75, 3.05) is 5.75 Å². The Bertz CT molecular complexity index is 250. The van der Waals surface area contributed by atoms with Gasteiger partial charge in [0.25, 0.3) is 0 Å². The van der Waals surface area contributed by atoms with E-state index in [0.717, 1.165) is 24.2 Å². The van der Waals surface area contributed by atoms with Gasteiger partial charge in [0.15, 0.2) is 0 Å². The number of thiocarbonyl (C=S) groups is 1. The first-order chi connectivity index (χ1) is 6.66. The van der Waals surface area contributed by atoms with Crippen molar-refractivity contribution in [3.05, 3.63) is 0 Å². The Hall–Kier alpha value is -0.420. The lowest BCUT2D eigenvalue weighted by molar-refractivity contribution is -0.137. The van der Waals surface area contributed by atoms with E-state index in [4.69, 9.17) is 12.2 Å². The summed E-state index contributed by atoms with van der Waals surface area (Å²) in [6.45, 7) is 2.08. The van der Waals surface area contributed by atoms with Crippen LogP contribution in [-0.2, 0) is 9.59 Å². The Morgan fingerprint density at radius 2 is 2.29 bits per heavy atom. The summed E-state index contributed by atoms with van der Waals surface area (Å²) in [6, 6.07) is 0. The molecule has 0 unspecified atom stereocenters. The topological polar surface area (TPSA) is 37.4 Å². The molecule has 78 valence electrons. The number of unbranched alkanes of at least 4 members (excludes halogenated alkanes) is 2. The lowest BCUT2D eigenvalue weighted by Crippen LogP contribution is -2.34. The minimum Gasteiger partial charge on any atom is -0.274 e. The summed E-state index contributed by atoms with van der Waals surface area (Å²) < 4.78 is 0.413. The third-order valence-electron chi connectivity index (χ3n) is 1.99. The highest BCUT2D eigenvalue weighted by molar-refractivity contribution is 8.24. The maximum atomic E-state index is 11.5. The lowest BCUT2D eigenvalue weighted by Gasteiger charge is -2.12. The molecule has 0 spiro atoms. The molecule has 1 aliphatic rings. The molecule has 14 heavy (non-hydrogen) atoms. The number of carbonyl (C=O) groups excluding carboxylic acids is 2. The molecule has 0 radical (unpaired) electrons. The number of amides is 2. The number of rotatable bonds is 4. The van der Waals surface area contributed by atoms with Crippen LogP contribution in [0, 0.1) is 0 Å². The standard InChI is InChI=1S/C9H13NO2S2/c1-2-3-4-5-7(11)10-8(12)6-14-9(10)13/h2-6H2,1H3. The molecule has 0 N–H and O–H groups in total. The van der Waals surface area contributed by atoms with Crippen LogP contribution in [0.1, 0.15) is 32.6 Å². The average Bonchev–Trinajstić information content (AvgIpc) is 2.46. The van der Waals surface area contributed by atoms with Gasteiger partial charge in [0.05, 0.1) is 5.75 Å². The quantitative estimate of drug-likeness (QED) is 0.547. The molecule has 1 rings (SSSR count). The van der Waals surface area contributed by atoms with E-state index in [1.807, 2.05) is 0 Å². The molecular weight excluding hydrogens is 218 g/mol. The van der Waals surface area contributed by atoms with Crippen LogP contribution in [0.15, 0.2) is 0 Å². The Balaban J connectivity index is 2.43.